The molecule has 3 N–H and O–H groups in total. The predicted octanol–water partition coefficient (Wildman–Crippen LogP) is 0.324. The fraction of sp³-hybridized carbons (Fsp3) is 0.917. The van der Waals surface area contributed by atoms with Gasteiger partial charge in [0.05, 0.1) is 5.92 Å². The molecule has 3 atom stereocenters. The summed E-state index contributed by atoms with van der Waals surface area (Å²) >= 11 is 0. The fourth-order valence-corrected chi connectivity index (χ4v) is 3.08. The normalized spacial score (nSPS) is 36.2. The Morgan fingerprint density at radius 3 is 2.81 bits per heavy atom. The van der Waals surface area contributed by atoms with E-state index in [1.807, 2.05) is 0 Å². The largest absolute Gasteiger partial charge is 0.359 e. The SMILES string of the molecule is CNC(=O)C1CCCN(C2CCC(N)C2)C1. The predicted molar refractivity (Wildman–Crippen MR) is 64.0 cm³/mol. The summed E-state index contributed by atoms with van der Waals surface area (Å²) in [6.07, 6.45) is 5.65. The Kier molecular flexibility index (Phi) is 3.82. The molecule has 2 aliphatic rings. The van der Waals surface area contributed by atoms with Crippen molar-refractivity contribution in [3.05, 3.63) is 0 Å². The van der Waals surface area contributed by atoms with Crippen molar-refractivity contribution in [2.75, 3.05) is 20.1 Å². The lowest BCUT2D eigenvalue weighted by Crippen LogP contribution is -2.46. The summed E-state index contributed by atoms with van der Waals surface area (Å²) in [5, 5.41) is 2.76. The van der Waals surface area contributed by atoms with Gasteiger partial charge in [0.15, 0.2) is 0 Å². The van der Waals surface area contributed by atoms with Crippen LogP contribution >= 0.6 is 0 Å². The van der Waals surface area contributed by atoms with E-state index >= 15 is 0 Å². The lowest BCUT2D eigenvalue weighted by atomic mass is 9.95. The molecule has 1 saturated carbocycles. The first kappa shape index (κ1) is 11.9. The molecule has 2 rings (SSSR count). The highest BCUT2D eigenvalue weighted by atomic mass is 16.1. The average Bonchev–Trinajstić information content (AvgIpc) is 2.75. The van der Waals surface area contributed by atoms with Crippen LogP contribution in [0.25, 0.3) is 0 Å². The standard InChI is InChI=1S/C12H23N3O/c1-14-12(16)9-3-2-6-15(8-9)11-5-4-10(13)7-11/h9-11H,2-8,13H2,1H3,(H,14,16). The summed E-state index contributed by atoms with van der Waals surface area (Å²) in [4.78, 5) is 14.1. The van der Waals surface area contributed by atoms with Gasteiger partial charge in [-0.3, -0.25) is 9.69 Å². The Hall–Kier alpha value is -0.610. The molecule has 0 radical (unpaired) electrons. The van der Waals surface area contributed by atoms with E-state index in [1.165, 1.54) is 6.42 Å². The summed E-state index contributed by atoms with van der Waals surface area (Å²) in [6.45, 7) is 2.07. The van der Waals surface area contributed by atoms with Gasteiger partial charge in [-0.2, -0.15) is 0 Å². The van der Waals surface area contributed by atoms with Gasteiger partial charge in [-0.25, -0.2) is 0 Å². The van der Waals surface area contributed by atoms with Crippen molar-refractivity contribution in [1.29, 1.82) is 0 Å². The summed E-state index contributed by atoms with van der Waals surface area (Å²) in [5.74, 6) is 0.391. The Morgan fingerprint density at radius 2 is 2.19 bits per heavy atom. The molecule has 92 valence electrons. The summed E-state index contributed by atoms with van der Waals surface area (Å²) in [5.41, 5.74) is 5.95. The first-order chi connectivity index (χ1) is 7.70. The number of nitrogens with two attached hydrogens (primary N) is 1. The molecule has 1 amide bonds. The summed E-state index contributed by atoms with van der Waals surface area (Å²) in [6, 6.07) is 1.01. The molecule has 3 unspecified atom stereocenters. The lowest BCUT2D eigenvalue weighted by molar-refractivity contribution is -0.126. The van der Waals surface area contributed by atoms with Crippen LogP contribution < -0.4 is 11.1 Å². The van der Waals surface area contributed by atoms with E-state index in [0.29, 0.717) is 12.1 Å². The van der Waals surface area contributed by atoms with Crippen LogP contribution in [0.15, 0.2) is 0 Å². The number of amides is 1. The molecule has 0 spiro atoms. The molecular weight excluding hydrogens is 202 g/mol. The quantitative estimate of drug-likeness (QED) is 0.712. The number of carbonyl (C=O) groups excluding carboxylic acids is 1. The minimum atomic E-state index is 0.190. The van der Waals surface area contributed by atoms with Gasteiger partial charge in [0.25, 0.3) is 0 Å². The second-order valence-electron chi connectivity index (χ2n) is 5.18. The number of hydrogen-bond acceptors (Lipinski definition) is 3. The summed E-state index contributed by atoms with van der Waals surface area (Å²) in [7, 11) is 1.73. The average molecular weight is 225 g/mol. The van der Waals surface area contributed by atoms with E-state index in [9.17, 15) is 4.79 Å². The number of carbonyl (C=O) groups is 1. The summed E-state index contributed by atoms with van der Waals surface area (Å²) < 4.78 is 0. The maximum Gasteiger partial charge on any atom is 0.224 e. The monoisotopic (exact) mass is 225 g/mol. The molecule has 4 heteroatoms. The fourth-order valence-electron chi connectivity index (χ4n) is 3.08. The third-order valence-corrected chi connectivity index (χ3v) is 4.03. The highest BCUT2D eigenvalue weighted by Crippen LogP contribution is 2.27. The van der Waals surface area contributed by atoms with E-state index < -0.39 is 0 Å². The van der Waals surface area contributed by atoms with Crippen molar-refractivity contribution in [3.63, 3.8) is 0 Å². The first-order valence-electron chi connectivity index (χ1n) is 6.42. The van der Waals surface area contributed by atoms with Gasteiger partial charge in [0.2, 0.25) is 5.91 Å². The number of likely N-dealkylation sites (tertiary alicyclic amines) is 1. The first-order valence-corrected chi connectivity index (χ1v) is 6.42. The van der Waals surface area contributed by atoms with Crippen LogP contribution in [0.3, 0.4) is 0 Å². The van der Waals surface area contributed by atoms with Crippen LogP contribution in [0, 0.1) is 5.92 Å². The molecule has 16 heavy (non-hydrogen) atoms. The van der Waals surface area contributed by atoms with E-state index in [2.05, 4.69) is 10.2 Å². The molecule has 1 saturated heterocycles. The Labute approximate surface area is 97.6 Å². The molecule has 0 aromatic heterocycles. The van der Waals surface area contributed by atoms with Gasteiger partial charge in [-0.05, 0) is 38.6 Å². The Bertz CT molecular complexity index is 257. The van der Waals surface area contributed by atoms with Crippen molar-refractivity contribution in [2.45, 2.75) is 44.2 Å². The van der Waals surface area contributed by atoms with Crippen molar-refractivity contribution in [1.82, 2.24) is 10.2 Å². The molecular formula is C12H23N3O. The van der Waals surface area contributed by atoms with Gasteiger partial charge < -0.3 is 11.1 Å². The van der Waals surface area contributed by atoms with Crippen LogP contribution in [-0.2, 0) is 4.79 Å². The van der Waals surface area contributed by atoms with E-state index in [4.69, 9.17) is 5.73 Å². The maximum absolute atomic E-state index is 11.6. The van der Waals surface area contributed by atoms with Crippen LogP contribution in [0.1, 0.15) is 32.1 Å². The third-order valence-electron chi connectivity index (χ3n) is 4.03. The third kappa shape index (κ3) is 2.55. The Balaban J connectivity index is 1.89. The Morgan fingerprint density at radius 1 is 1.38 bits per heavy atom. The van der Waals surface area contributed by atoms with E-state index in [0.717, 1.165) is 38.8 Å². The highest BCUT2D eigenvalue weighted by Gasteiger charge is 2.32. The van der Waals surface area contributed by atoms with Crippen LogP contribution in [0.2, 0.25) is 0 Å². The lowest BCUT2D eigenvalue weighted by Gasteiger charge is -2.36. The molecule has 0 aromatic rings. The second kappa shape index (κ2) is 5.15. The molecule has 4 nitrogen and oxygen atoms in total. The van der Waals surface area contributed by atoms with Gasteiger partial charge in [0.1, 0.15) is 0 Å². The van der Waals surface area contributed by atoms with Crippen LogP contribution in [-0.4, -0.2) is 43.0 Å². The van der Waals surface area contributed by atoms with Gasteiger partial charge in [-0.15, -0.1) is 0 Å². The highest BCUT2D eigenvalue weighted by molar-refractivity contribution is 5.78. The van der Waals surface area contributed by atoms with E-state index in [-0.39, 0.29) is 11.8 Å². The van der Waals surface area contributed by atoms with Crippen molar-refractivity contribution >= 4 is 5.91 Å². The topological polar surface area (TPSA) is 58.4 Å². The number of nitrogens with zero attached hydrogens (tertiary/aromatic N) is 1. The van der Waals surface area contributed by atoms with Crippen molar-refractivity contribution in [2.24, 2.45) is 11.7 Å². The molecule has 0 aromatic carbocycles. The second-order valence-corrected chi connectivity index (χ2v) is 5.18. The molecule has 1 heterocycles. The molecule has 2 fully saturated rings. The van der Waals surface area contributed by atoms with Gasteiger partial charge in [-0.1, -0.05) is 0 Å². The molecule has 1 aliphatic heterocycles. The maximum atomic E-state index is 11.6. The molecule has 1 aliphatic carbocycles. The zero-order valence-corrected chi connectivity index (χ0v) is 10.1. The number of piperidine rings is 1. The number of rotatable bonds is 2. The van der Waals surface area contributed by atoms with Crippen LogP contribution in [0.4, 0.5) is 0 Å². The zero-order chi connectivity index (χ0) is 11.5. The number of nitrogens with one attached hydrogen (secondary N) is 1. The minimum Gasteiger partial charge on any atom is -0.359 e. The molecule has 0 bridgehead atoms. The van der Waals surface area contributed by atoms with Gasteiger partial charge in [0, 0.05) is 25.7 Å². The zero-order valence-electron chi connectivity index (χ0n) is 10.1. The van der Waals surface area contributed by atoms with E-state index in [1.54, 1.807) is 7.05 Å². The van der Waals surface area contributed by atoms with Gasteiger partial charge >= 0.3 is 0 Å². The van der Waals surface area contributed by atoms with Crippen molar-refractivity contribution in [3.8, 4) is 0 Å². The number of hydrogen-bond donors (Lipinski definition) is 2. The minimum absolute atomic E-state index is 0.190. The van der Waals surface area contributed by atoms with Crippen LogP contribution in [0.5, 0.6) is 0 Å². The van der Waals surface area contributed by atoms with Crippen molar-refractivity contribution < 1.29 is 4.79 Å². The smallest absolute Gasteiger partial charge is 0.224 e.